The number of rotatable bonds is 10. The maximum absolute atomic E-state index is 12.1. The Labute approximate surface area is 163 Å². The third-order valence-corrected chi connectivity index (χ3v) is 7.37. The van der Waals surface area contributed by atoms with Gasteiger partial charge in [-0.1, -0.05) is 18.6 Å². The second-order valence-electron chi connectivity index (χ2n) is 7.61. The Morgan fingerprint density at radius 1 is 1.07 bits per heavy atom. The van der Waals surface area contributed by atoms with Crippen LogP contribution in [0.15, 0.2) is 24.3 Å². The first-order chi connectivity index (χ1) is 12.8. The molecule has 1 heterocycles. The van der Waals surface area contributed by atoms with Gasteiger partial charge in [0.1, 0.15) is 5.78 Å². The Morgan fingerprint density at radius 3 is 2.41 bits per heavy atom. The van der Waals surface area contributed by atoms with Crippen molar-refractivity contribution >= 4 is 27.2 Å². The molecule has 1 aliphatic rings. The highest BCUT2D eigenvalue weighted by Gasteiger charge is 2.19. The summed E-state index contributed by atoms with van der Waals surface area (Å²) in [5, 5.41) is -0.331. The molecule has 2 rings (SSSR count). The lowest BCUT2D eigenvalue weighted by atomic mass is 10.0. The minimum atomic E-state index is -2.98. The van der Waals surface area contributed by atoms with Gasteiger partial charge in [0.25, 0.3) is 0 Å². The highest BCUT2D eigenvalue weighted by atomic mass is 32.2. The summed E-state index contributed by atoms with van der Waals surface area (Å²) < 4.78 is 23.5. The highest BCUT2D eigenvalue weighted by molar-refractivity contribution is 7.91. The summed E-state index contributed by atoms with van der Waals surface area (Å²) in [6.45, 7) is 4.17. The summed E-state index contributed by atoms with van der Waals surface area (Å²) >= 11 is 0. The van der Waals surface area contributed by atoms with E-state index in [9.17, 15) is 18.0 Å². The minimum Gasteiger partial charge on any atom is -0.312 e. The number of hydrogen-bond donors (Lipinski definition) is 0. The van der Waals surface area contributed by atoms with Crippen LogP contribution in [0.5, 0.6) is 0 Å². The normalized spacial score (nSPS) is 15.4. The van der Waals surface area contributed by atoms with Crippen LogP contribution in [0.4, 0.5) is 5.69 Å². The van der Waals surface area contributed by atoms with Gasteiger partial charge in [-0.15, -0.1) is 0 Å². The Hall–Kier alpha value is -1.69. The van der Waals surface area contributed by atoms with E-state index >= 15 is 0 Å². The van der Waals surface area contributed by atoms with Gasteiger partial charge in [-0.25, -0.2) is 8.42 Å². The molecule has 1 aromatic rings. The second-order valence-corrected chi connectivity index (χ2v) is 10.3. The summed E-state index contributed by atoms with van der Waals surface area (Å²) in [7, 11) is -2.98. The van der Waals surface area contributed by atoms with Crippen LogP contribution in [0.1, 0.15) is 64.4 Å². The number of benzene rings is 1. The average molecular weight is 394 g/mol. The van der Waals surface area contributed by atoms with E-state index in [1.165, 1.54) is 0 Å². The summed E-state index contributed by atoms with van der Waals surface area (Å²) in [5.74, 6) is 0.545. The predicted molar refractivity (Wildman–Crippen MR) is 109 cm³/mol. The molecule has 1 aromatic carbocycles. The quantitative estimate of drug-likeness (QED) is 0.568. The fraction of sp³-hybridized carbons (Fsp3) is 0.619. The molecule has 0 saturated carbocycles. The molecule has 0 N–H and O–H groups in total. The summed E-state index contributed by atoms with van der Waals surface area (Å²) in [6.07, 6.45) is 5.58. The Balaban J connectivity index is 1.72. The van der Waals surface area contributed by atoms with Crippen molar-refractivity contribution in [3.63, 3.8) is 0 Å². The number of sulfone groups is 1. The van der Waals surface area contributed by atoms with E-state index in [-0.39, 0.29) is 22.7 Å². The lowest BCUT2D eigenvalue weighted by molar-refractivity contribution is -0.120. The van der Waals surface area contributed by atoms with Crippen LogP contribution in [0, 0.1) is 0 Å². The standard InChI is InChI=1S/C21H31NO4S/c1-17(2)27(25,26)15-7-3-4-8-20(23)16-18-10-12-19(13-11-18)22-14-6-5-9-21(22)24/h10-13,17H,3-9,14-16H2,1-2H3. The van der Waals surface area contributed by atoms with Gasteiger partial charge in [0.05, 0.1) is 11.0 Å². The number of carbonyl (C=O) groups excluding carboxylic acids is 2. The Morgan fingerprint density at radius 2 is 1.78 bits per heavy atom. The van der Waals surface area contributed by atoms with Gasteiger partial charge in [0, 0.05) is 31.5 Å². The lowest BCUT2D eigenvalue weighted by Gasteiger charge is -2.26. The van der Waals surface area contributed by atoms with Crippen molar-refractivity contribution in [2.24, 2.45) is 0 Å². The van der Waals surface area contributed by atoms with E-state index in [1.54, 1.807) is 13.8 Å². The van der Waals surface area contributed by atoms with Gasteiger partial charge in [0.15, 0.2) is 9.84 Å². The molecule has 6 heteroatoms. The van der Waals surface area contributed by atoms with E-state index in [4.69, 9.17) is 0 Å². The van der Waals surface area contributed by atoms with Crippen molar-refractivity contribution < 1.29 is 18.0 Å². The zero-order chi connectivity index (χ0) is 19.9. The van der Waals surface area contributed by atoms with Crippen LogP contribution in [-0.4, -0.2) is 37.7 Å². The van der Waals surface area contributed by atoms with Crippen LogP contribution in [0.25, 0.3) is 0 Å². The molecule has 0 aromatic heterocycles. The Bertz CT molecular complexity index is 738. The fourth-order valence-electron chi connectivity index (χ4n) is 3.23. The molecule has 1 aliphatic heterocycles. The SMILES string of the molecule is CC(C)S(=O)(=O)CCCCCC(=O)Cc1ccc(N2CCCCC2=O)cc1. The van der Waals surface area contributed by atoms with Crippen molar-refractivity contribution in [1.82, 2.24) is 0 Å². The van der Waals surface area contributed by atoms with Crippen LogP contribution in [-0.2, 0) is 25.8 Å². The molecule has 0 spiro atoms. The molecular formula is C21H31NO4S. The largest absolute Gasteiger partial charge is 0.312 e. The van der Waals surface area contributed by atoms with Crippen LogP contribution in [0.3, 0.4) is 0 Å². The van der Waals surface area contributed by atoms with E-state index in [0.29, 0.717) is 25.7 Å². The monoisotopic (exact) mass is 393 g/mol. The molecule has 150 valence electrons. The topological polar surface area (TPSA) is 71.5 Å². The molecule has 0 unspecified atom stereocenters. The zero-order valence-electron chi connectivity index (χ0n) is 16.4. The lowest BCUT2D eigenvalue weighted by Crippen LogP contribution is -2.35. The molecule has 5 nitrogen and oxygen atoms in total. The smallest absolute Gasteiger partial charge is 0.226 e. The van der Waals surface area contributed by atoms with Gasteiger partial charge >= 0.3 is 0 Å². The maximum Gasteiger partial charge on any atom is 0.226 e. The summed E-state index contributed by atoms with van der Waals surface area (Å²) in [6, 6.07) is 7.68. The first-order valence-electron chi connectivity index (χ1n) is 9.92. The van der Waals surface area contributed by atoms with Crippen LogP contribution >= 0.6 is 0 Å². The predicted octanol–water partition coefficient (Wildman–Crippen LogP) is 3.70. The third kappa shape index (κ3) is 6.76. The molecule has 0 bridgehead atoms. The van der Waals surface area contributed by atoms with Gasteiger partial charge in [-0.2, -0.15) is 0 Å². The molecular weight excluding hydrogens is 362 g/mol. The molecule has 0 aliphatic carbocycles. The van der Waals surface area contributed by atoms with E-state index < -0.39 is 9.84 Å². The second kappa shape index (κ2) is 10.0. The fourth-order valence-corrected chi connectivity index (χ4v) is 4.30. The van der Waals surface area contributed by atoms with Gasteiger partial charge in [0.2, 0.25) is 5.91 Å². The molecule has 1 amide bonds. The number of nitrogens with zero attached hydrogens (tertiary/aromatic N) is 1. The molecule has 27 heavy (non-hydrogen) atoms. The van der Waals surface area contributed by atoms with Crippen molar-refractivity contribution in [3.8, 4) is 0 Å². The number of amides is 1. The first-order valence-corrected chi connectivity index (χ1v) is 11.6. The number of unbranched alkanes of at least 4 members (excludes halogenated alkanes) is 2. The van der Waals surface area contributed by atoms with Crippen molar-refractivity contribution in [1.29, 1.82) is 0 Å². The molecule has 1 fully saturated rings. The van der Waals surface area contributed by atoms with Crippen molar-refractivity contribution in [3.05, 3.63) is 29.8 Å². The summed E-state index contributed by atoms with van der Waals surface area (Å²) in [4.78, 5) is 25.9. The van der Waals surface area contributed by atoms with E-state index in [0.717, 1.165) is 43.5 Å². The van der Waals surface area contributed by atoms with Crippen LogP contribution in [0.2, 0.25) is 0 Å². The minimum absolute atomic E-state index is 0.170. The van der Waals surface area contributed by atoms with Crippen molar-refractivity contribution in [2.75, 3.05) is 17.2 Å². The number of carbonyl (C=O) groups is 2. The highest BCUT2D eigenvalue weighted by Crippen LogP contribution is 2.21. The number of hydrogen-bond acceptors (Lipinski definition) is 4. The third-order valence-electron chi connectivity index (χ3n) is 5.08. The van der Waals surface area contributed by atoms with Crippen molar-refractivity contribution in [2.45, 2.75) is 70.5 Å². The summed E-state index contributed by atoms with van der Waals surface area (Å²) in [5.41, 5.74) is 1.86. The van der Waals surface area contributed by atoms with E-state index in [2.05, 4.69) is 0 Å². The van der Waals surface area contributed by atoms with Crippen LogP contribution < -0.4 is 4.90 Å². The number of ketones is 1. The average Bonchev–Trinajstić information content (AvgIpc) is 2.62. The van der Waals surface area contributed by atoms with Gasteiger partial charge in [-0.3, -0.25) is 9.59 Å². The zero-order valence-corrected chi connectivity index (χ0v) is 17.3. The van der Waals surface area contributed by atoms with E-state index in [1.807, 2.05) is 29.2 Å². The van der Waals surface area contributed by atoms with Gasteiger partial charge in [-0.05, 0) is 57.2 Å². The number of piperidine rings is 1. The molecule has 1 saturated heterocycles. The molecule has 0 atom stereocenters. The number of anilines is 1. The number of Topliss-reactive ketones (excluding diaryl/α,β-unsaturated/α-hetero) is 1. The maximum atomic E-state index is 12.1. The van der Waals surface area contributed by atoms with Gasteiger partial charge < -0.3 is 4.90 Å². The Kier molecular flexibility index (Phi) is 8.02. The molecule has 0 radical (unpaired) electrons. The first kappa shape index (κ1) is 21.6.